The van der Waals surface area contributed by atoms with Crippen molar-refractivity contribution in [1.29, 1.82) is 5.26 Å². The van der Waals surface area contributed by atoms with Crippen LogP contribution in [0.25, 0.3) is 0 Å². The van der Waals surface area contributed by atoms with Crippen LogP contribution in [-0.2, 0) is 11.3 Å². The molecule has 0 bridgehead atoms. The first-order chi connectivity index (χ1) is 8.19. The van der Waals surface area contributed by atoms with Crippen molar-refractivity contribution < 1.29 is 4.74 Å². The second-order valence-electron chi connectivity index (χ2n) is 4.07. The van der Waals surface area contributed by atoms with E-state index in [1.165, 1.54) is 0 Å². The fourth-order valence-electron chi connectivity index (χ4n) is 1.86. The molecular formula is C12H14ClN3O. The third-order valence-corrected chi connectivity index (χ3v) is 3.12. The zero-order valence-corrected chi connectivity index (χ0v) is 10.2. The fraction of sp³-hybridized carbons (Fsp3) is 0.417. The maximum atomic E-state index is 8.82. The largest absolute Gasteiger partial charge is 0.399 e. The number of nitrogens with zero attached hydrogens (tertiary/aromatic N) is 2. The van der Waals surface area contributed by atoms with E-state index in [0.29, 0.717) is 23.9 Å². The van der Waals surface area contributed by atoms with Crippen LogP contribution >= 0.6 is 11.6 Å². The van der Waals surface area contributed by atoms with E-state index in [2.05, 4.69) is 11.0 Å². The molecule has 0 aliphatic carbocycles. The average molecular weight is 252 g/mol. The summed E-state index contributed by atoms with van der Waals surface area (Å²) < 4.78 is 5.29. The zero-order valence-electron chi connectivity index (χ0n) is 9.40. The third kappa shape index (κ3) is 3.10. The molecule has 1 aliphatic rings. The number of halogens is 1. The van der Waals surface area contributed by atoms with Crippen LogP contribution in [0.1, 0.15) is 5.56 Å². The Labute approximate surface area is 106 Å². The zero-order chi connectivity index (χ0) is 12.3. The maximum Gasteiger partial charge on any atom is 0.156 e. The summed E-state index contributed by atoms with van der Waals surface area (Å²) in [5.41, 5.74) is 7.33. The highest BCUT2D eigenvalue weighted by atomic mass is 35.5. The Morgan fingerprint density at radius 2 is 2.41 bits per heavy atom. The van der Waals surface area contributed by atoms with Crippen LogP contribution in [0.2, 0.25) is 5.02 Å². The number of hydrogen-bond donors (Lipinski definition) is 1. The van der Waals surface area contributed by atoms with Crippen molar-refractivity contribution in [2.75, 3.05) is 25.4 Å². The highest BCUT2D eigenvalue weighted by Crippen LogP contribution is 2.21. The number of benzene rings is 1. The summed E-state index contributed by atoms with van der Waals surface area (Å²) in [7, 11) is 0. The van der Waals surface area contributed by atoms with Crippen LogP contribution in [0.15, 0.2) is 18.2 Å². The van der Waals surface area contributed by atoms with Crippen molar-refractivity contribution in [3.05, 3.63) is 28.8 Å². The highest BCUT2D eigenvalue weighted by Gasteiger charge is 2.20. The minimum absolute atomic E-state index is 0.337. The second kappa shape index (κ2) is 5.37. The predicted octanol–water partition coefficient (Wildman–Crippen LogP) is 1.65. The normalized spacial score (nSPS) is 21.1. The molecule has 1 aromatic rings. The van der Waals surface area contributed by atoms with Gasteiger partial charge in [-0.05, 0) is 17.7 Å². The number of rotatable bonds is 2. The van der Waals surface area contributed by atoms with Gasteiger partial charge >= 0.3 is 0 Å². The second-order valence-corrected chi connectivity index (χ2v) is 4.48. The van der Waals surface area contributed by atoms with Gasteiger partial charge in [-0.25, -0.2) is 0 Å². The Bertz CT molecular complexity index is 444. The van der Waals surface area contributed by atoms with Crippen LogP contribution in [0.4, 0.5) is 5.69 Å². The first-order valence-electron chi connectivity index (χ1n) is 5.46. The van der Waals surface area contributed by atoms with Gasteiger partial charge in [-0.3, -0.25) is 4.90 Å². The van der Waals surface area contributed by atoms with Gasteiger partial charge in [0.15, 0.2) is 6.10 Å². The standard InChI is InChI=1S/C12H14ClN3O/c13-12-5-10(15)2-1-9(12)7-16-3-4-17-11(6-14)8-16/h1-2,5,11H,3-4,7-8,15H2. The number of nitrogen functional groups attached to an aromatic ring is 1. The molecule has 4 nitrogen and oxygen atoms in total. The molecule has 0 spiro atoms. The van der Waals surface area contributed by atoms with E-state index < -0.39 is 0 Å². The van der Waals surface area contributed by atoms with Crippen molar-refractivity contribution >= 4 is 17.3 Å². The average Bonchev–Trinajstić information content (AvgIpc) is 2.33. The molecule has 17 heavy (non-hydrogen) atoms. The summed E-state index contributed by atoms with van der Waals surface area (Å²) in [6.45, 7) is 2.75. The summed E-state index contributed by atoms with van der Waals surface area (Å²) >= 11 is 6.12. The SMILES string of the molecule is N#CC1CN(Cc2ccc(N)cc2Cl)CCO1. The summed E-state index contributed by atoms with van der Waals surface area (Å²) in [5, 5.41) is 9.49. The lowest BCUT2D eigenvalue weighted by Crippen LogP contribution is -2.41. The monoisotopic (exact) mass is 251 g/mol. The van der Waals surface area contributed by atoms with E-state index in [9.17, 15) is 0 Å². The number of hydrogen-bond acceptors (Lipinski definition) is 4. The smallest absolute Gasteiger partial charge is 0.156 e. The van der Waals surface area contributed by atoms with Crippen molar-refractivity contribution in [3.63, 3.8) is 0 Å². The molecule has 1 saturated heterocycles. The van der Waals surface area contributed by atoms with Gasteiger partial charge in [-0.1, -0.05) is 17.7 Å². The quantitative estimate of drug-likeness (QED) is 0.812. The van der Waals surface area contributed by atoms with Gasteiger partial charge in [0.05, 0.1) is 12.7 Å². The molecule has 1 aromatic carbocycles. The lowest BCUT2D eigenvalue weighted by molar-refractivity contribution is -0.00268. The Morgan fingerprint density at radius 1 is 1.59 bits per heavy atom. The number of morpholine rings is 1. The molecule has 5 heteroatoms. The molecule has 1 atom stereocenters. The molecular weight excluding hydrogens is 238 g/mol. The van der Waals surface area contributed by atoms with Crippen LogP contribution < -0.4 is 5.73 Å². The molecule has 1 unspecified atom stereocenters. The summed E-state index contributed by atoms with van der Waals surface area (Å²) in [6, 6.07) is 7.64. The Morgan fingerprint density at radius 3 is 3.12 bits per heavy atom. The molecule has 0 aromatic heterocycles. The van der Waals surface area contributed by atoms with Gasteiger partial charge in [0.1, 0.15) is 0 Å². The van der Waals surface area contributed by atoms with E-state index >= 15 is 0 Å². The van der Waals surface area contributed by atoms with Gasteiger partial charge in [-0.2, -0.15) is 5.26 Å². The van der Waals surface area contributed by atoms with Gasteiger partial charge in [0.2, 0.25) is 0 Å². The topological polar surface area (TPSA) is 62.3 Å². The summed E-state index contributed by atoms with van der Waals surface area (Å²) in [5.74, 6) is 0. The highest BCUT2D eigenvalue weighted by molar-refractivity contribution is 6.31. The minimum atomic E-state index is -0.337. The molecule has 0 amide bonds. The van der Waals surface area contributed by atoms with Gasteiger partial charge in [0.25, 0.3) is 0 Å². The van der Waals surface area contributed by atoms with E-state index in [4.69, 9.17) is 27.3 Å². The van der Waals surface area contributed by atoms with Gasteiger partial charge < -0.3 is 10.5 Å². The predicted molar refractivity (Wildman–Crippen MR) is 66.5 cm³/mol. The molecule has 2 rings (SSSR count). The number of nitriles is 1. The molecule has 0 saturated carbocycles. The summed E-state index contributed by atoms with van der Waals surface area (Å²) in [4.78, 5) is 2.16. The Hall–Kier alpha value is -1.28. The first-order valence-corrected chi connectivity index (χ1v) is 5.84. The van der Waals surface area contributed by atoms with Crippen molar-refractivity contribution in [1.82, 2.24) is 4.90 Å². The molecule has 0 radical (unpaired) electrons. The molecule has 90 valence electrons. The van der Waals surface area contributed by atoms with Crippen LogP contribution in [0.3, 0.4) is 0 Å². The first kappa shape index (κ1) is 12.2. The van der Waals surface area contributed by atoms with Crippen molar-refractivity contribution in [3.8, 4) is 6.07 Å². The minimum Gasteiger partial charge on any atom is -0.399 e. The van der Waals surface area contributed by atoms with Crippen LogP contribution in [-0.4, -0.2) is 30.7 Å². The number of ether oxygens (including phenoxy) is 1. The van der Waals surface area contributed by atoms with E-state index in [-0.39, 0.29) is 6.10 Å². The molecule has 1 aliphatic heterocycles. The lowest BCUT2D eigenvalue weighted by atomic mass is 10.1. The molecule has 2 N–H and O–H groups in total. The number of anilines is 1. The van der Waals surface area contributed by atoms with Gasteiger partial charge in [0, 0.05) is 30.3 Å². The number of nitrogens with two attached hydrogens (primary N) is 1. The van der Waals surface area contributed by atoms with E-state index in [1.807, 2.05) is 12.1 Å². The van der Waals surface area contributed by atoms with Crippen LogP contribution in [0.5, 0.6) is 0 Å². The summed E-state index contributed by atoms with van der Waals surface area (Å²) in [6.07, 6.45) is -0.337. The third-order valence-electron chi connectivity index (χ3n) is 2.77. The van der Waals surface area contributed by atoms with E-state index in [0.717, 1.165) is 18.7 Å². The van der Waals surface area contributed by atoms with Crippen LogP contribution in [0, 0.1) is 11.3 Å². The Kier molecular flexibility index (Phi) is 3.85. The van der Waals surface area contributed by atoms with E-state index in [1.54, 1.807) is 6.07 Å². The Balaban J connectivity index is 2.03. The maximum absolute atomic E-state index is 8.82. The molecule has 1 fully saturated rings. The lowest BCUT2D eigenvalue weighted by Gasteiger charge is -2.29. The van der Waals surface area contributed by atoms with Crippen molar-refractivity contribution in [2.24, 2.45) is 0 Å². The fourth-order valence-corrected chi connectivity index (χ4v) is 2.11. The van der Waals surface area contributed by atoms with Gasteiger partial charge in [-0.15, -0.1) is 0 Å². The molecule has 1 heterocycles. The van der Waals surface area contributed by atoms with Crippen molar-refractivity contribution in [2.45, 2.75) is 12.6 Å².